The first kappa shape index (κ1) is 13.9. The molecule has 1 aromatic carbocycles. The Balaban J connectivity index is 1.88. The van der Waals surface area contributed by atoms with Crippen LogP contribution < -0.4 is 5.32 Å². The maximum Gasteiger partial charge on any atom is 0.416 e. The predicted octanol–water partition coefficient (Wildman–Crippen LogP) is 3.88. The number of halogens is 3. The van der Waals surface area contributed by atoms with E-state index in [9.17, 15) is 18.0 Å². The molecule has 0 bridgehead atoms. The van der Waals surface area contributed by atoms with Gasteiger partial charge in [0.15, 0.2) is 0 Å². The van der Waals surface area contributed by atoms with Crippen molar-refractivity contribution in [3.05, 3.63) is 29.8 Å². The first-order chi connectivity index (χ1) is 8.95. The number of rotatable bonds is 3. The van der Waals surface area contributed by atoms with E-state index in [4.69, 9.17) is 0 Å². The summed E-state index contributed by atoms with van der Waals surface area (Å²) in [6.07, 6.45) is -1.14. The summed E-state index contributed by atoms with van der Waals surface area (Å²) >= 11 is 0. The zero-order chi connectivity index (χ0) is 13.9. The summed E-state index contributed by atoms with van der Waals surface area (Å²) in [7, 11) is 0. The average molecular weight is 271 g/mol. The SMILES string of the molecule is O=C1CCCC(CNc2ccc(C(F)(F)F)cc2)C1. The largest absolute Gasteiger partial charge is 0.416 e. The zero-order valence-electron chi connectivity index (χ0n) is 10.5. The number of anilines is 1. The fourth-order valence-corrected chi connectivity index (χ4v) is 2.33. The fourth-order valence-electron chi connectivity index (χ4n) is 2.33. The molecule has 0 heterocycles. The third-order valence-electron chi connectivity index (χ3n) is 3.39. The highest BCUT2D eigenvalue weighted by Gasteiger charge is 2.29. The quantitative estimate of drug-likeness (QED) is 0.904. The van der Waals surface area contributed by atoms with Crippen molar-refractivity contribution in [3.8, 4) is 0 Å². The second-order valence-electron chi connectivity index (χ2n) is 4.96. The molecular weight excluding hydrogens is 255 g/mol. The number of alkyl halides is 3. The highest BCUT2D eigenvalue weighted by molar-refractivity contribution is 5.79. The van der Waals surface area contributed by atoms with Crippen LogP contribution in [-0.2, 0) is 11.0 Å². The van der Waals surface area contributed by atoms with Crippen LogP contribution in [0.15, 0.2) is 24.3 Å². The minimum absolute atomic E-state index is 0.283. The Morgan fingerprint density at radius 3 is 2.47 bits per heavy atom. The van der Waals surface area contributed by atoms with Crippen LogP contribution in [0.25, 0.3) is 0 Å². The molecule has 5 heteroatoms. The van der Waals surface area contributed by atoms with E-state index in [1.165, 1.54) is 12.1 Å². The molecule has 0 aliphatic heterocycles. The summed E-state index contributed by atoms with van der Waals surface area (Å²) in [5.41, 5.74) is 0.0110. The van der Waals surface area contributed by atoms with Crippen LogP contribution in [0, 0.1) is 5.92 Å². The summed E-state index contributed by atoms with van der Waals surface area (Å²) in [5, 5.41) is 3.09. The van der Waals surface area contributed by atoms with Gasteiger partial charge >= 0.3 is 6.18 Å². The van der Waals surface area contributed by atoms with Crippen LogP contribution in [0.1, 0.15) is 31.2 Å². The second kappa shape index (κ2) is 5.63. The van der Waals surface area contributed by atoms with E-state index in [1.54, 1.807) is 0 Å². The lowest BCUT2D eigenvalue weighted by molar-refractivity contribution is -0.137. The molecule has 19 heavy (non-hydrogen) atoms. The molecule has 1 aliphatic rings. The number of carbonyl (C=O) groups is 1. The predicted molar refractivity (Wildman–Crippen MR) is 66.9 cm³/mol. The van der Waals surface area contributed by atoms with Crippen LogP contribution >= 0.6 is 0 Å². The minimum Gasteiger partial charge on any atom is -0.385 e. The van der Waals surface area contributed by atoms with E-state index in [0.29, 0.717) is 31.0 Å². The third kappa shape index (κ3) is 3.98. The van der Waals surface area contributed by atoms with E-state index < -0.39 is 11.7 Å². The second-order valence-corrected chi connectivity index (χ2v) is 4.96. The summed E-state index contributed by atoms with van der Waals surface area (Å²) in [5.74, 6) is 0.578. The smallest absolute Gasteiger partial charge is 0.385 e. The molecule has 1 fully saturated rings. The summed E-state index contributed by atoms with van der Waals surface area (Å²) in [6, 6.07) is 4.98. The molecule has 2 nitrogen and oxygen atoms in total. The van der Waals surface area contributed by atoms with Gasteiger partial charge in [0.05, 0.1) is 5.56 Å². The van der Waals surface area contributed by atoms with Crippen LogP contribution in [0.5, 0.6) is 0 Å². The van der Waals surface area contributed by atoms with Crippen LogP contribution in [0.4, 0.5) is 18.9 Å². The topological polar surface area (TPSA) is 29.1 Å². The van der Waals surface area contributed by atoms with E-state index in [-0.39, 0.29) is 5.78 Å². The summed E-state index contributed by atoms with van der Waals surface area (Å²) < 4.78 is 37.1. The Kier molecular flexibility index (Phi) is 4.12. The van der Waals surface area contributed by atoms with E-state index in [2.05, 4.69) is 5.32 Å². The van der Waals surface area contributed by atoms with Crippen LogP contribution in [-0.4, -0.2) is 12.3 Å². The number of benzene rings is 1. The Labute approximate surface area is 110 Å². The number of hydrogen-bond acceptors (Lipinski definition) is 2. The lowest BCUT2D eigenvalue weighted by Crippen LogP contribution is -2.22. The molecule has 104 valence electrons. The molecule has 1 N–H and O–H groups in total. The average Bonchev–Trinajstić information content (AvgIpc) is 2.36. The maximum atomic E-state index is 12.4. The molecule has 0 spiro atoms. The monoisotopic (exact) mass is 271 g/mol. The standard InChI is InChI=1S/C14H16F3NO/c15-14(16,17)11-4-6-12(7-5-11)18-9-10-2-1-3-13(19)8-10/h4-7,10,18H,1-3,8-9H2. The van der Waals surface area contributed by atoms with Crippen molar-refractivity contribution in [1.82, 2.24) is 0 Å². The van der Waals surface area contributed by atoms with Gasteiger partial charge in [-0.05, 0) is 43.0 Å². The molecule has 0 radical (unpaired) electrons. The molecule has 2 rings (SSSR count). The van der Waals surface area contributed by atoms with Gasteiger partial charge < -0.3 is 5.32 Å². The number of ketones is 1. The zero-order valence-corrected chi connectivity index (χ0v) is 10.5. The molecule has 1 aliphatic carbocycles. The molecule has 1 atom stereocenters. The first-order valence-electron chi connectivity index (χ1n) is 6.38. The molecule has 0 saturated heterocycles. The van der Waals surface area contributed by atoms with Gasteiger partial charge in [-0.15, -0.1) is 0 Å². The normalized spacial score (nSPS) is 20.4. The van der Waals surface area contributed by atoms with Crippen molar-refractivity contribution < 1.29 is 18.0 Å². The van der Waals surface area contributed by atoms with Crippen molar-refractivity contribution in [2.24, 2.45) is 5.92 Å². The van der Waals surface area contributed by atoms with Crippen molar-refractivity contribution in [2.75, 3.05) is 11.9 Å². The molecule has 0 amide bonds. The van der Waals surface area contributed by atoms with E-state index in [0.717, 1.165) is 25.0 Å². The van der Waals surface area contributed by atoms with Crippen molar-refractivity contribution in [2.45, 2.75) is 31.9 Å². The minimum atomic E-state index is -4.30. The Hall–Kier alpha value is -1.52. The van der Waals surface area contributed by atoms with Gasteiger partial charge in [-0.25, -0.2) is 0 Å². The summed E-state index contributed by atoms with van der Waals surface area (Å²) in [6.45, 7) is 0.636. The number of hydrogen-bond donors (Lipinski definition) is 1. The van der Waals surface area contributed by atoms with Gasteiger partial charge in [-0.2, -0.15) is 13.2 Å². The van der Waals surface area contributed by atoms with Crippen LogP contribution in [0.3, 0.4) is 0 Å². The molecule has 1 unspecified atom stereocenters. The van der Waals surface area contributed by atoms with Crippen molar-refractivity contribution in [1.29, 1.82) is 0 Å². The molecule has 1 saturated carbocycles. The number of Topliss-reactive ketones (excluding diaryl/α,β-unsaturated/α-hetero) is 1. The fraction of sp³-hybridized carbons (Fsp3) is 0.500. The van der Waals surface area contributed by atoms with E-state index in [1.807, 2.05) is 0 Å². The van der Waals surface area contributed by atoms with Gasteiger partial charge in [0, 0.05) is 25.1 Å². The molecular formula is C14H16F3NO. The Bertz CT molecular complexity index is 439. The van der Waals surface area contributed by atoms with Gasteiger partial charge in [-0.1, -0.05) is 0 Å². The van der Waals surface area contributed by atoms with Gasteiger partial charge in [0.25, 0.3) is 0 Å². The number of carbonyl (C=O) groups excluding carboxylic acids is 1. The van der Waals surface area contributed by atoms with Crippen LogP contribution in [0.2, 0.25) is 0 Å². The Morgan fingerprint density at radius 2 is 1.89 bits per heavy atom. The van der Waals surface area contributed by atoms with Gasteiger partial charge in [-0.3, -0.25) is 4.79 Å². The third-order valence-corrected chi connectivity index (χ3v) is 3.39. The highest BCUT2D eigenvalue weighted by atomic mass is 19.4. The molecule has 1 aromatic rings. The lowest BCUT2D eigenvalue weighted by atomic mass is 9.88. The summed E-state index contributed by atoms with van der Waals surface area (Å²) in [4.78, 5) is 11.3. The van der Waals surface area contributed by atoms with Crippen molar-refractivity contribution >= 4 is 11.5 Å². The molecule has 0 aromatic heterocycles. The maximum absolute atomic E-state index is 12.4. The van der Waals surface area contributed by atoms with Crippen molar-refractivity contribution in [3.63, 3.8) is 0 Å². The van der Waals surface area contributed by atoms with Gasteiger partial charge in [0.2, 0.25) is 0 Å². The Morgan fingerprint density at radius 1 is 1.21 bits per heavy atom. The van der Waals surface area contributed by atoms with E-state index >= 15 is 0 Å². The first-order valence-corrected chi connectivity index (χ1v) is 6.38. The highest BCUT2D eigenvalue weighted by Crippen LogP contribution is 2.30. The number of nitrogens with one attached hydrogen (secondary N) is 1. The lowest BCUT2D eigenvalue weighted by Gasteiger charge is -2.21. The van der Waals surface area contributed by atoms with Gasteiger partial charge in [0.1, 0.15) is 5.78 Å².